The number of rotatable bonds is 12. The molecule has 0 aromatic carbocycles. The molecule has 3 N–H and O–H groups in total. The van der Waals surface area contributed by atoms with Gasteiger partial charge in [0.15, 0.2) is 0 Å². The zero-order chi connectivity index (χ0) is 21.4. The van der Waals surface area contributed by atoms with Crippen molar-refractivity contribution in [3.05, 3.63) is 0 Å². The molecular formula is C22H45NO5. The van der Waals surface area contributed by atoms with Gasteiger partial charge in [-0.2, -0.15) is 0 Å². The fourth-order valence-electron chi connectivity index (χ4n) is 4.40. The van der Waals surface area contributed by atoms with Crippen LogP contribution in [0.2, 0.25) is 0 Å². The molecule has 1 aliphatic carbocycles. The minimum absolute atomic E-state index is 0.0554. The van der Waals surface area contributed by atoms with Crippen LogP contribution in [0.1, 0.15) is 53.9 Å². The van der Waals surface area contributed by atoms with Gasteiger partial charge in [0.25, 0.3) is 0 Å². The number of aliphatic hydroxyl groups excluding tert-OH is 3. The Bertz CT molecular complexity index is 424. The van der Waals surface area contributed by atoms with Crippen LogP contribution in [0, 0.1) is 28.6 Å². The van der Waals surface area contributed by atoms with Gasteiger partial charge in [0, 0.05) is 32.2 Å². The Hall–Kier alpha value is -0.240. The van der Waals surface area contributed by atoms with Crippen molar-refractivity contribution >= 4 is 0 Å². The van der Waals surface area contributed by atoms with E-state index in [-0.39, 0.29) is 48.6 Å². The van der Waals surface area contributed by atoms with Gasteiger partial charge in [-0.05, 0) is 49.0 Å². The van der Waals surface area contributed by atoms with Crippen LogP contribution in [0.5, 0.6) is 0 Å². The molecule has 1 saturated carbocycles. The molecule has 0 aromatic rings. The van der Waals surface area contributed by atoms with Crippen LogP contribution in [-0.4, -0.2) is 79.7 Å². The van der Waals surface area contributed by atoms with Crippen molar-refractivity contribution in [3.63, 3.8) is 0 Å². The van der Waals surface area contributed by atoms with Gasteiger partial charge in [-0.15, -0.1) is 0 Å². The predicted octanol–water partition coefficient (Wildman–Crippen LogP) is 2.36. The normalized spacial score (nSPS) is 26.6. The van der Waals surface area contributed by atoms with E-state index in [2.05, 4.69) is 46.6 Å². The number of aliphatic hydroxyl groups is 3. The van der Waals surface area contributed by atoms with Crippen LogP contribution < -0.4 is 0 Å². The van der Waals surface area contributed by atoms with Gasteiger partial charge in [0.2, 0.25) is 0 Å². The maximum atomic E-state index is 11.0. The molecule has 6 nitrogen and oxygen atoms in total. The van der Waals surface area contributed by atoms with E-state index >= 15 is 0 Å². The fourth-order valence-corrected chi connectivity index (χ4v) is 4.40. The molecule has 1 rings (SSSR count). The second-order valence-corrected chi connectivity index (χ2v) is 10.5. The van der Waals surface area contributed by atoms with Crippen LogP contribution in [-0.2, 0) is 9.47 Å². The Kier molecular flexibility index (Phi) is 10.9. The topological polar surface area (TPSA) is 82.4 Å². The average Bonchev–Trinajstić information content (AvgIpc) is 2.58. The van der Waals surface area contributed by atoms with Gasteiger partial charge in [-0.25, -0.2) is 0 Å². The van der Waals surface area contributed by atoms with E-state index in [1.165, 1.54) is 0 Å². The maximum absolute atomic E-state index is 11.0. The minimum Gasteiger partial charge on any atom is -0.396 e. The summed E-state index contributed by atoms with van der Waals surface area (Å²) in [5.74, 6) is 0.498. The summed E-state index contributed by atoms with van der Waals surface area (Å²) in [4.78, 5) is 2.26. The van der Waals surface area contributed by atoms with E-state index in [0.717, 1.165) is 25.9 Å². The Labute approximate surface area is 172 Å². The van der Waals surface area contributed by atoms with Crippen molar-refractivity contribution in [2.45, 2.75) is 60.0 Å². The van der Waals surface area contributed by atoms with Gasteiger partial charge in [0.05, 0.1) is 19.3 Å². The lowest BCUT2D eigenvalue weighted by Crippen LogP contribution is -2.47. The summed E-state index contributed by atoms with van der Waals surface area (Å²) in [6.45, 7) is 14.2. The van der Waals surface area contributed by atoms with E-state index in [0.29, 0.717) is 19.6 Å². The molecule has 6 heteroatoms. The lowest BCUT2D eigenvalue weighted by atomic mass is 9.66. The monoisotopic (exact) mass is 403 g/mol. The van der Waals surface area contributed by atoms with E-state index in [4.69, 9.17) is 14.6 Å². The van der Waals surface area contributed by atoms with Gasteiger partial charge in [-0.3, -0.25) is 0 Å². The molecule has 0 aliphatic heterocycles. The third-order valence-corrected chi connectivity index (χ3v) is 6.06. The second-order valence-electron chi connectivity index (χ2n) is 10.5. The Morgan fingerprint density at radius 1 is 1.11 bits per heavy atom. The molecule has 0 unspecified atom stereocenters. The van der Waals surface area contributed by atoms with E-state index in [9.17, 15) is 10.2 Å². The van der Waals surface area contributed by atoms with Gasteiger partial charge < -0.3 is 29.7 Å². The quantitative estimate of drug-likeness (QED) is 0.343. The molecule has 1 aliphatic rings. The highest BCUT2D eigenvalue weighted by atomic mass is 16.7. The summed E-state index contributed by atoms with van der Waals surface area (Å²) in [6.07, 6.45) is 2.14. The number of hydrogen-bond acceptors (Lipinski definition) is 6. The Morgan fingerprint density at radius 2 is 1.75 bits per heavy atom. The lowest BCUT2D eigenvalue weighted by molar-refractivity contribution is -0.110. The summed E-state index contributed by atoms with van der Waals surface area (Å²) < 4.78 is 11.0. The molecule has 0 bridgehead atoms. The number of ether oxygens (including phenoxy) is 2. The highest BCUT2D eigenvalue weighted by molar-refractivity contribution is 4.91. The molecule has 0 radical (unpaired) electrons. The summed E-state index contributed by atoms with van der Waals surface area (Å²) in [5.41, 5.74) is 0.219. The van der Waals surface area contributed by atoms with Crippen molar-refractivity contribution in [3.8, 4) is 0 Å². The van der Waals surface area contributed by atoms with Gasteiger partial charge >= 0.3 is 0 Å². The highest BCUT2D eigenvalue weighted by Crippen LogP contribution is 2.42. The molecule has 0 saturated heterocycles. The third-order valence-electron chi connectivity index (χ3n) is 6.06. The van der Waals surface area contributed by atoms with E-state index in [1.54, 1.807) is 0 Å². The largest absolute Gasteiger partial charge is 0.396 e. The van der Waals surface area contributed by atoms with Crippen molar-refractivity contribution in [1.82, 2.24) is 4.90 Å². The minimum atomic E-state index is -0.393. The lowest BCUT2D eigenvalue weighted by Gasteiger charge is -2.45. The van der Waals surface area contributed by atoms with Crippen molar-refractivity contribution < 1.29 is 24.8 Å². The molecule has 0 aromatic heterocycles. The Balaban J connectivity index is 2.57. The molecule has 28 heavy (non-hydrogen) atoms. The van der Waals surface area contributed by atoms with Gasteiger partial charge in [0.1, 0.15) is 6.79 Å². The molecule has 0 spiro atoms. The molecule has 0 heterocycles. The predicted molar refractivity (Wildman–Crippen MR) is 112 cm³/mol. The van der Waals surface area contributed by atoms with E-state index < -0.39 is 6.10 Å². The first kappa shape index (κ1) is 25.8. The van der Waals surface area contributed by atoms with Crippen molar-refractivity contribution in [2.75, 3.05) is 53.4 Å². The number of hydrogen-bond donors (Lipinski definition) is 3. The standard InChI is InChI=1S/C22H45NO5/c1-21(2,3)19(14-25)13-23(6)12-17-10-22(4,5)11-18(20(17)26)15-28-16-27-9-7-8-24/h17-20,24-26H,7-16H2,1-6H3/t17-,18+,19+,20-/m0/s1. The van der Waals surface area contributed by atoms with Crippen LogP contribution >= 0.6 is 0 Å². The Morgan fingerprint density at radius 3 is 2.32 bits per heavy atom. The first-order valence-corrected chi connectivity index (χ1v) is 10.7. The average molecular weight is 404 g/mol. The summed E-state index contributed by atoms with van der Waals surface area (Å²) >= 11 is 0. The molecule has 1 fully saturated rings. The first-order valence-electron chi connectivity index (χ1n) is 10.7. The van der Waals surface area contributed by atoms with Crippen LogP contribution in [0.15, 0.2) is 0 Å². The zero-order valence-corrected chi connectivity index (χ0v) is 19.0. The molecule has 168 valence electrons. The second kappa shape index (κ2) is 11.8. The molecule has 4 atom stereocenters. The van der Waals surface area contributed by atoms with Crippen molar-refractivity contribution in [1.29, 1.82) is 0 Å². The SMILES string of the molecule is CN(C[C@@H]1CC(C)(C)C[C@H](COCOCCCO)[C@H]1O)C[C@H](CO)C(C)(C)C. The summed E-state index contributed by atoms with van der Waals surface area (Å²) in [5, 5.41) is 29.5. The zero-order valence-electron chi connectivity index (χ0n) is 19.0. The van der Waals surface area contributed by atoms with Crippen LogP contribution in [0.25, 0.3) is 0 Å². The summed E-state index contributed by atoms with van der Waals surface area (Å²) in [6, 6.07) is 0. The maximum Gasteiger partial charge on any atom is 0.146 e. The summed E-state index contributed by atoms with van der Waals surface area (Å²) in [7, 11) is 2.09. The van der Waals surface area contributed by atoms with E-state index in [1.807, 2.05) is 0 Å². The smallest absolute Gasteiger partial charge is 0.146 e. The van der Waals surface area contributed by atoms with Crippen LogP contribution in [0.4, 0.5) is 0 Å². The van der Waals surface area contributed by atoms with Crippen LogP contribution in [0.3, 0.4) is 0 Å². The third kappa shape index (κ3) is 9.06. The fraction of sp³-hybridized carbons (Fsp3) is 1.00. The number of nitrogens with zero attached hydrogens (tertiary/aromatic N) is 1. The first-order chi connectivity index (χ1) is 13.0. The highest BCUT2D eigenvalue weighted by Gasteiger charge is 2.41. The van der Waals surface area contributed by atoms with Crippen molar-refractivity contribution in [2.24, 2.45) is 28.6 Å². The molecular weight excluding hydrogens is 358 g/mol. The van der Waals surface area contributed by atoms with Gasteiger partial charge in [-0.1, -0.05) is 34.6 Å². The molecule has 0 amide bonds.